The first kappa shape index (κ1) is 10.6. The van der Waals surface area contributed by atoms with Crippen LogP contribution in [-0.4, -0.2) is 11.4 Å². The number of amides is 1. The molecule has 0 atom stereocenters. The summed E-state index contributed by atoms with van der Waals surface area (Å²) in [5.41, 5.74) is 7.19. The molecule has 0 saturated heterocycles. The van der Waals surface area contributed by atoms with E-state index in [1.807, 2.05) is 37.3 Å². The number of rotatable bonds is 3. The SMILES string of the molecule is Cc1nc(N)sc1N(C=O)c1ccccc1. The second kappa shape index (κ2) is 4.32. The molecular formula is C11H11N3OS. The standard InChI is InChI=1S/C11H11N3OS/c1-8-10(16-11(12)13-8)14(7-15)9-5-3-2-4-6-9/h2-7H,1H3,(H2,12,13). The summed E-state index contributed by atoms with van der Waals surface area (Å²) < 4.78 is 0. The molecule has 0 spiro atoms. The fourth-order valence-electron chi connectivity index (χ4n) is 1.45. The molecule has 0 radical (unpaired) electrons. The van der Waals surface area contributed by atoms with Crippen molar-refractivity contribution in [2.45, 2.75) is 6.92 Å². The highest BCUT2D eigenvalue weighted by molar-refractivity contribution is 7.19. The van der Waals surface area contributed by atoms with Crippen LogP contribution < -0.4 is 10.6 Å². The summed E-state index contributed by atoms with van der Waals surface area (Å²) in [6, 6.07) is 9.39. The summed E-state index contributed by atoms with van der Waals surface area (Å²) in [5.74, 6) is 0. The molecule has 2 rings (SSSR count). The zero-order chi connectivity index (χ0) is 11.5. The number of aromatic nitrogens is 1. The van der Waals surface area contributed by atoms with E-state index in [1.165, 1.54) is 11.3 Å². The highest BCUT2D eigenvalue weighted by Crippen LogP contribution is 2.33. The first-order valence-electron chi connectivity index (χ1n) is 4.75. The number of nitrogens with two attached hydrogens (primary N) is 1. The van der Waals surface area contributed by atoms with Gasteiger partial charge in [0.25, 0.3) is 0 Å². The lowest BCUT2D eigenvalue weighted by Gasteiger charge is -2.15. The maximum atomic E-state index is 11.1. The number of nitrogens with zero attached hydrogens (tertiary/aromatic N) is 2. The molecule has 82 valence electrons. The van der Waals surface area contributed by atoms with Gasteiger partial charge in [0.15, 0.2) is 5.13 Å². The first-order valence-corrected chi connectivity index (χ1v) is 5.56. The van der Waals surface area contributed by atoms with Gasteiger partial charge >= 0.3 is 0 Å². The second-order valence-corrected chi connectivity index (χ2v) is 4.26. The Morgan fingerprint density at radius 1 is 1.38 bits per heavy atom. The van der Waals surface area contributed by atoms with Gasteiger partial charge in [0.05, 0.1) is 5.69 Å². The average molecular weight is 233 g/mol. The van der Waals surface area contributed by atoms with E-state index >= 15 is 0 Å². The zero-order valence-electron chi connectivity index (χ0n) is 8.75. The van der Waals surface area contributed by atoms with Crippen LogP contribution in [0.3, 0.4) is 0 Å². The summed E-state index contributed by atoms with van der Waals surface area (Å²) in [6.45, 7) is 1.83. The van der Waals surface area contributed by atoms with Crippen molar-refractivity contribution in [3.05, 3.63) is 36.0 Å². The number of hydrogen-bond donors (Lipinski definition) is 1. The van der Waals surface area contributed by atoms with E-state index in [0.29, 0.717) is 5.13 Å². The lowest BCUT2D eigenvalue weighted by molar-refractivity contribution is -0.106. The minimum Gasteiger partial charge on any atom is -0.375 e. The maximum Gasteiger partial charge on any atom is 0.219 e. The van der Waals surface area contributed by atoms with Crippen LogP contribution in [-0.2, 0) is 4.79 Å². The van der Waals surface area contributed by atoms with E-state index in [9.17, 15) is 4.79 Å². The summed E-state index contributed by atoms with van der Waals surface area (Å²) in [4.78, 5) is 16.8. The molecule has 0 fully saturated rings. The number of para-hydroxylation sites is 1. The minimum atomic E-state index is 0.468. The Balaban J connectivity index is 2.44. The lowest BCUT2D eigenvalue weighted by Crippen LogP contribution is -2.13. The predicted molar refractivity (Wildman–Crippen MR) is 65.9 cm³/mol. The molecule has 1 aromatic heterocycles. The van der Waals surface area contributed by atoms with Gasteiger partial charge in [-0.1, -0.05) is 29.5 Å². The molecule has 1 heterocycles. The van der Waals surface area contributed by atoms with Crippen molar-refractivity contribution in [1.82, 2.24) is 4.98 Å². The molecule has 4 nitrogen and oxygen atoms in total. The van der Waals surface area contributed by atoms with Gasteiger partial charge in [0.1, 0.15) is 5.00 Å². The van der Waals surface area contributed by atoms with Crippen molar-refractivity contribution in [2.75, 3.05) is 10.6 Å². The number of nitrogen functional groups attached to an aromatic ring is 1. The highest BCUT2D eigenvalue weighted by atomic mass is 32.1. The lowest BCUT2D eigenvalue weighted by atomic mass is 10.3. The number of carbonyl (C=O) groups excluding carboxylic acids is 1. The molecule has 1 amide bonds. The predicted octanol–water partition coefficient (Wildman–Crippen LogP) is 2.33. The Hall–Kier alpha value is -1.88. The Labute approximate surface area is 97.3 Å². The molecule has 2 aromatic rings. The van der Waals surface area contributed by atoms with Gasteiger partial charge in [0, 0.05) is 5.69 Å². The normalized spacial score (nSPS) is 10.1. The summed E-state index contributed by atoms with van der Waals surface area (Å²) in [5, 5.41) is 1.23. The highest BCUT2D eigenvalue weighted by Gasteiger charge is 2.14. The van der Waals surface area contributed by atoms with Crippen molar-refractivity contribution in [3.8, 4) is 0 Å². The van der Waals surface area contributed by atoms with Gasteiger partial charge in [-0.15, -0.1) is 0 Å². The van der Waals surface area contributed by atoms with Gasteiger partial charge in [-0.25, -0.2) is 4.98 Å². The van der Waals surface area contributed by atoms with Crippen molar-refractivity contribution in [1.29, 1.82) is 0 Å². The monoisotopic (exact) mass is 233 g/mol. The Kier molecular flexibility index (Phi) is 2.87. The number of aryl methyl sites for hydroxylation is 1. The number of anilines is 3. The molecule has 0 unspecified atom stereocenters. The topological polar surface area (TPSA) is 59.2 Å². The Bertz CT molecular complexity index is 495. The number of hydrogen-bond acceptors (Lipinski definition) is 4. The molecule has 0 aliphatic heterocycles. The van der Waals surface area contributed by atoms with Crippen LogP contribution in [0.4, 0.5) is 15.8 Å². The van der Waals surface area contributed by atoms with E-state index in [1.54, 1.807) is 4.90 Å². The third-order valence-corrected chi connectivity index (χ3v) is 3.13. The van der Waals surface area contributed by atoms with E-state index in [2.05, 4.69) is 4.98 Å². The second-order valence-electron chi connectivity index (χ2n) is 3.25. The summed E-state index contributed by atoms with van der Waals surface area (Å²) in [7, 11) is 0. The molecule has 16 heavy (non-hydrogen) atoms. The number of carbonyl (C=O) groups is 1. The van der Waals surface area contributed by atoms with Crippen molar-refractivity contribution in [3.63, 3.8) is 0 Å². The Morgan fingerprint density at radius 2 is 2.06 bits per heavy atom. The number of thiazole rings is 1. The van der Waals surface area contributed by atoms with Gasteiger partial charge in [-0.05, 0) is 19.1 Å². The van der Waals surface area contributed by atoms with Crippen molar-refractivity contribution < 1.29 is 4.79 Å². The zero-order valence-corrected chi connectivity index (χ0v) is 9.57. The summed E-state index contributed by atoms with van der Waals surface area (Å²) in [6.07, 6.45) is 0.773. The van der Waals surface area contributed by atoms with E-state index in [0.717, 1.165) is 22.8 Å². The average Bonchev–Trinajstić information content (AvgIpc) is 2.61. The van der Waals surface area contributed by atoms with Gasteiger partial charge in [0.2, 0.25) is 6.41 Å². The van der Waals surface area contributed by atoms with Crippen LogP contribution >= 0.6 is 11.3 Å². The van der Waals surface area contributed by atoms with E-state index in [-0.39, 0.29) is 0 Å². The van der Waals surface area contributed by atoms with Gasteiger partial charge in [-0.3, -0.25) is 9.69 Å². The van der Waals surface area contributed by atoms with Crippen molar-refractivity contribution in [2.24, 2.45) is 0 Å². The molecule has 0 saturated carbocycles. The van der Waals surface area contributed by atoms with Gasteiger partial charge in [-0.2, -0.15) is 0 Å². The van der Waals surface area contributed by atoms with Crippen LogP contribution in [0.25, 0.3) is 0 Å². The van der Waals surface area contributed by atoms with Crippen LogP contribution in [0, 0.1) is 6.92 Å². The minimum absolute atomic E-state index is 0.468. The molecule has 5 heteroatoms. The molecule has 1 aromatic carbocycles. The van der Waals surface area contributed by atoms with Crippen LogP contribution in [0.15, 0.2) is 30.3 Å². The van der Waals surface area contributed by atoms with Crippen LogP contribution in [0.2, 0.25) is 0 Å². The van der Waals surface area contributed by atoms with Crippen LogP contribution in [0.5, 0.6) is 0 Å². The van der Waals surface area contributed by atoms with Crippen LogP contribution in [0.1, 0.15) is 5.69 Å². The maximum absolute atomic E-state index is 11.1. The number of benzene rings is 1. The Morgan fingerprint density at radius 3 is 2.56 bits per heavy atom. The largest absolute Gasteiger partial charge is 0.375 e. The van der Waals surface area contributed by atoms with Crippen molar-refractivity contribution >= 4 is 33.6 Å². The first-order chi connectivity index (χ1) is 7.72. The molecule has 2 N–H and O–H groups in total. The third kappa shape index (κ3) is 1.90. The quantitative estimate of drug-likeness (QED) is 0.828. The molecular weight excluding hydrogens is 222 g/mol. The summed E-state index contributed by atoms with van der Waals surface area (Å²) >= 11 is 1.30. The third-order valence-electron chi connectivity index (χ3n) is 2.15. The van der Waals surface area contributed by atoms with Gasteiger partial charge < -0.3 is 5.73 Å². The fraction of sp³-hybridized carbons (Fsp3) is 0.0909. The van der Waals surface area contributed by atoms with E-state index in [4.69, 9.17) is 5.73 Å². The smallest absolute Gasteiger partial charge is 0.219 e. The molecule has 0 aliphatic rings. The molecule has 0 aliphatic carbocycles. The molecule has 0 bridgehead atoms. The fourth-order valence-corrected chi connectivity index (χ4v) is 2.27. The van der Waals surface area contributed by atoms with E-state index < -0.39 is 0 Å².